The van der Waals surface area contributed by atoms with Gasteiger partial charge >= 0.3 is 12.4 Å². The van der Waals surface area contributed by atoms with E-state index in [-0.39, 0.29) is 21.3 Å². The van der Waals surface area contributed by atoms with Gasteiger partial charge in [-0.05, 0) is 43.7 Å². The van der Waals surface area contributed by atoms with Crippen LogP contribution >= 0.6 is 23.2 Å². The van der Waals surface area contributed by atoms with E-state index in [1.807, 2.05) is 0 Å². The summed E-state index contributed by atoms with van der Waals surface area (Å²) in [7, 11) is 0. The Labute approximate surface area is 237 Å². The highest BCUT2D eigenvalue weighted by atomic mass is 35.5. The minimum Gasteiger partial charge on any atom is -0.487 e. The Morgan fingerprint density at radius 2 is 1.56 bits per heavy atom. The standard InChI is InChI=1S/C24H21Cl2F8N3O4/c1-22(2,24(32,33)34)21(40)35-8-11-3-5-14(25)17(18(11)26)20(39)37-12-4-6-15(41-9-16(27)28)13(7-12)19(38)36-10-23(29,30)31/h3-7,16H,8-10H2,1-2H3,(H,35,40)(H,36,38)(H,37,39). The molecule has 0 saturated carbocycles. The van der Waals surface area contributed by atoms with Crippen molar-refractivity contribution in [1.82, 2.24) is 10.6 Å². The van der Waals surface area contributed by atoms with Crippen molar-refractivity contribution in [3.8, 4) is 5.75 Å². The van der Waals surface area contributed by atoms with Crippen LogP contribution in [-0.4, -0.2) is 49.7 Å². The number of carbonyl (C=O) groups excluding carboxylic acids is 3. The van der Waals surface area contributed by atoms with Gasteiger partial charge < -0.3 is 20.7 Å². The highest BCUT2D eigenvalue weighted by molar-refractivity contribution is 6.40. The van der Waals surface area contributed by atoms with E-state index in [9.17, 15) is 49.5 Å². The normalized spacial score (nSPS) is 12.2. The number of ether oxygens (including phenoxy) is 1. The fraction of sp³-hybridized carbons (Fsp3) is 0.375. The first-order chi connectivity index (χ1) is 18.7. The van der Waals surface area contributed by atoms with Crippen molar-refractivity contribution in [3.05, 3.63) is 57.1 Å². The second-order valence-corrected chi connectivity index (χ2v) is 9.65. The zero-order valence-corrected chi connectivity index (χ0v) is 22.5. The van der Waals surface area contributed by atoms with Gasteiger partial charge in [0, 0.05) is 12.2 Å². The number of hydrogen-bond donors (Lipinski definition) is 3. The predicted molar refractivity (Wildman–Crippen MR) is 132 cm³/mol. The van der Waals surface area contributed by atoms with Crippen LogP contribution in [0.1, 0.15) is 40.1 Å². The molecule has 0 aromatic heterocycles. The highest BCUT2D eigenvalue weighted by Crippen LogP contribution is 2.38. The molecule has 17 heteroatoms. The molecule has 0 aliphatic heterocycles. The van der Waals surface area contributed by atoms with Gasteiger partial charge in [0.1, 0.15) is 24.3 Å². The SMILES string of the molecule is CC(C)(C(=O)NCc1ccc(Cl)c(C(=O)Nc2ccc(OCC(F)F)c(C(=O)NCC(F)(F)F)c2)c1Cl)C(F)(F)F. The number of hydrogen-bond acceptors (Lipinski definition) is 4. The van der Waals surface area contributed by atoms with Crippen molar-refractivity contribution in [2.75, 3.05) is 18.5 Å². The molecule has 0 heterocycles. The first-order valence-electron chi connectivity index (χ1n) is 11.3. The van der Waals surface area contributed by atoms with Gasteiger partial charge in [-0.3, -0.25) is 14.4 Å². The number of amides is 3. The Bertz CT molecular complexity index is 1300. The highest BCUT2D eigenvalue weighted by Gasteiger charge is 2.52. The first kappa shape index (κ1) is 33.9. The van der Waals surface area contributed by atoms with E-state index in [1.54, 1.807) is 5.32 Å². The minimum absolute atomic E-state index is 0.00973. The summed E-state index contributed by atoms with van der Waals surface area (Å²) in [6.45, 7) is -2.10. The molecule has 0 spiro atoms. The Morgan fingerprint density at radius 1 is 0.927 bits per heavy atom. The Kier molecular flexibility index (Phi) is 10.8. The number of halogens is 10. The summed E-state index contributed by atoms with van der Waals surface area (Å²) in [6, 6.07) is 5.33. The number of anilines is 1. The van der Waals surface area contributed by atoms with Gasteiger partial charge in [-0.15, -0.1) is 0 Å². The predicted octanol–water partition coefficient (Wildman–Crippen LogP) is 6.39. The fourth-order valence-corrected chi connectivity index (χ4v) is 3.61. The van der Waals surface area contributed by atoms with Crippen LogP contribution in [0, 0.1) is 5.41 Å². The summed E-state index contributed by atoms with van der Waals surface area (Å²) in [5.74, 6) is -4.24. The zero-order chi connectivity index (χ0) is 31.3. The van der Waals surface area contributed by atoms with E-state index in [4.69, 9.17) is 27.9 Å². The molecule has 0 atom stereocenters. The maximum absolute atomic E-state index is 13.1. The lowest BCUT2D eigenvalue weighted by molar-refractivity contribution is -0.211. The van der Waals surface area contributed by atoms with Crippen molar-refractivity contribution >= 4 is 46.6 Å². The third-order valence-corrected chi connectivity index (χ3v) is 6.16. The largest absolute Gasteiger partial charge is 0.487 e. The van der Waals surface area contributed by atoms with Gasteiger partial charge in [-0.25, -0.2) is 8.78 Å². The smallest absolute Gasteiger partial charge is 0.405 e. The van der Waals surface area contributed by atoms with Crippen LogP contribution in [0.5, 0.6) is 5.75 Å². The van der Waals surface area contributed by atoms with E-state index in [0.29, 0.717) is 13.8 Å². The Balaban J connectivity index is 2.32. The molecule has 2 rings (SSSR count). The summed E-state index contributed by atoms with van der Waals surface area (Å²) in [6.07, 6.45) is -12.6. The van der Waals surface area contributed by atoms with Gasteiger partial charge in [0.15, 0.2) is 0 Å². The van der Waals surface area contributed by atoms with Crippen molar-refractivity contribution in [2.45, 2.75) is 39.2 Å². The summed E-state index contributed by atoms with van der Waals surface area (Å²) in [4.78, 5) is 37.4. The average Bonchev–Trinajstić information content (AvgIpc) is 2.84. The van der Waals surface area contributed by atoms with Crippen LogP contribution in [0.2, 0.25) is 10.0 Å². The van der Waals surface area contributed by atoms with Gasteiger partial charge in [0.25, 0.3) is 18.2 Å². The summed E-state index contributed by atoms with van der Waals surface area (Å²) >= 11 is 12.3. The molecule has 0 aliphatic carbocycles. The van der Waals surface area contributed by atoms with E-state index in [1.165, 1.54) is 12.1 Å². The van der Waals surface area contributed by atoms with Gasteiger partial charge in [-0.1, -0.05) is 29.3 Å². The Hall–Kier alpha value is -3.33. The number of rotatable bonds is 10. The maximum Gasteiger partial charge on any atom is 0.405 e. The lowest BCUT2D eigenvalue weighted by Gasteiger charge is -2.26. The summed E-state index contributed by atoms with van der Waals surface area (Å²) in [5.41, 5.74) is -3.95. The van der Waals surface area contributed by atoms with Crippen LogP contribution in [0.15, 0.2) is 30.3 Å². The lowest BCUT2D eigenvalue weighted by atomic mass is 9.91. The lowest BCUT2D eigenvalue weighted by Crippen LogP contribution is -2.46. The first-order valence-corrected chi connectivity index (χ1v) is 12.0. The van der Waals surface area contributed by atoms with E-state index in [0.717, 1.165) is 18.2 Å². The second kappa shape index (κ2) is 13.1. The fourth-order valence-electron chi connectivity index (χ4n) is 3.00. The van der Waals surface area contributed by atoms with Gasteiger partial charge in [0.05, 0.1) is 21.2 Å². The van der Waals surface area contributed by atoms with Crippen molar-refractivity contribution in [1.29, 1.82) is 0 Å². The molecule has 3 amide bonds. The van der Waals surface area contributed by atoms with Crippen LogP contribution in [0.4, 0.5) is 40.8 Å². The molecule has 41 heavy (non-hydrogen) atoms. The molecular formula is C24H21Cl2F8N3O4. The van der Waals surface area contributed by atoms with Crippen LogP contribution in [0.25, 0.3) is 0 Å². The molecule has 3 N–H and O–H groups in total. The third-order valence-electron chi connectivity index (χ3n) is 5.41. The summed E-state index contributed by atoms with van der Waals surface area (Å²) < 4.78 is 107. The molecule has 0 radical (unpaired) electrons. The number of alkyl halides is 8. The Morgan fingerprint density at radius 3 is 2.12 bits per heavy atom. The van der Waals surface area contributed by atoms with Crippen molar-refractivity contribution < 1.29 is 54.2 Å². The van der Waals surface area contributed by atoms with Gasteiger partial charge in [-0.2, -0.15) is 26.3 Å². The van der Waals surface area contributed by atoms with Gasteiger partial charge in [0.2, 0.25) is 5.91 Å². The van der Waals surface area contributed by atoms with E-state index in [2.05, 4.69) is 10.6 Å². The zero-order valence-electron chi connectivity index (χ0n) is 21.0. The summed E-state index contributed by atoms with van der Waals surface area (Å²) in [5, 5.41) is 5.35. The molecule has 0 bridgehead atoms. The molecule has 0 fully saturated rings. The topological polar surface area (TPSA) is 96.5 Å². The van der Waals surface area contributed by atoms with Crippen LogP contribution in [-0.2, 0) is 11.3 Å². The molecule has 2 aromatic carbocycles. The van der Waals surface area contributed by atoms with Crippen LogP contribution < -0.4 is 20.7 Å². The van der Waals surface area contributed by atoms with Crippen LogP contribution in [0.3, 0.4) is 0 Å². The van der Waals surface area contributed by atoms with Crippen molar-refractivity contribution in [3.63, 3.8) is 0 Å². The maximum atomic E-state index is 13.1. The monoisotopic (exact) mass is 637 g/mol. The molecule has 7 nitrogen and oxygen atoms in total. The second-order valence-electron chi connectivity index (χ2n) is 8.87. The quantitative estimate of drug-likeness (QED) is 0.263. The van der Waals surface area contributed by atoms with E-state index < -0.39 is 78.5 Å². The van der Waals surface area contributed by atoms with E-state index >= 15 is 0 Å². The molecular weight excluding hydrogens is 617 g/mol. The molecule has 0 unspecified atom stereocenters. The number of carbonyl (C=O) groups is 3. The minimum atomic E-state index is -4.85. The van der Waals surface area contributed by atoms with Crippen molar-refractivity contribution in [2.24, 2.45) is 5.41 Å². The average molecular weight is 638 g/mol. The molecule has 2 aromatic rings. The number of benzene rings is 2. The molecule has 226 valence electrons. The molecule has 0 saturated heterocycles. The third kappa shape index (κ3) is 9.08. The number of nitrogens with one attached hydrogen (secondary N) is 3. The molecule has 0 aliphatic rings.